The molecule has 0 bridgehead atoms. The highest BCUT2D eigenvalue weighted by Crippen LogP contribution is 2.46. The highest BCUT2D eigenvalue weighted by atomic mass is 16.5. The summed E-state index contributed by atoms with van der Waals surface area (Å²) in [5.74, 6) is 2.73. The van der Waals surface area contributed by atoms with Crippen LogP contribution in [0.4, 0.5) is 0 Å². The largest absolute Gasteiger partial charge is 0.487 e. The van der Waals surface area contributed by atoms with Crippen LogP contribution in [0.2, 0.25) is 0 Å². The van der Waals surface area contributed by atoms with Gasteiger partial charge in [-0.25, -0.2) is 4.99 Å². The van der Waals surface area contributed by atoms with Gasteiger partial charge in [0.15, 0.2) is 11.8 Å². The fraction of sp³-hybridized carbons (Fsp3) is 0.609. The standard InChI is InChI=1S/C23H33N5O3/c1-4-24-22(25-15-20-27-21(28-31-20)16(3)29-5-2)26-18-14-23(12-8-9-13-23)30-19-11-7-6-10-17(18)19/h6-7,10-11,16,18H,4-5,8-9,12-15H2,1-3H3,(H2,24,25,26). The van der Waals surface area contributed by atoms with Crippen LogP contribution >= 0.6 is 0 Å². The summed E-state index contributed by atoms with van der Waals surface area (Å²) in [4.78, 5) is 9.12. The molecular formula is C23H33N5O3. The summed E-state index contributed by atoms with van der Waals surface area (Å²) < 4.78 is 17.4. The van der Waals surface area contributed by atoms with Gasteiger partial charge in [0.2, 0.25) is 5.89 Å². The first-order valence-corrected chi connectivity index (χ1v) is 11.4. The zero-order chi connectivity index (χ0) is 21.7. The summed E-state index contributed by atoms with van der Waals surface area (Å²) in [6, 6.07) is 8.45. The summed E-state index contributed by atoms with van der Waals surface area (Å²) in [5.41, 5.74) is 1.11. The molecule has 0 radical (unpaired) electrons. The molecule has 4 rings (SSSR count). The second-order valence-corrected chi connectivity index (χ2v) is 8.27. The van der Waals surface area contributed by atoms with Gasteiger partial charge in [-0.15, -0.1) is 0 Å². The van der Waals surface area contributed by atoms with E-state index in [0.29, 0.717) is 24.9 Å². The lowest BCUT2D eigenvalue weighted by Crippen LogP contribution is -2.46. The molecule has 1 aliphatic carbocycles. The normalized spacial score (nSPS) is 20.9. The third-order valence-electron chi connectivity index (χ3n) is 6.00. The van der Waals surface area contributed by atoms with E-state index in [1.54, 1.807) is 0 Å². The van der Waals surface area contributed by atoms with E-state index in [1.807, 2.05) is 19.9 Å². The number of nitrogens with one attached hydrogen (secondary N) is 2. The Morgan fingerprint density at radius 2 is 2.10 bits per heavy atom. The molecule has 1 aromatic heterocycles. The van der Waals surface area contributed by atoms with Crippen molar-refractivity contribution in [1.82, 2.24) is 20.8 Å². The SMILES string of the molecule is CCNC(=NCc1nc(C(C)OCC)no1)NC1CC2(CCCC2)Oc2ccccc21. The Balaban J connectivity index is 1.49. The van der Waals surface area contributed by atoms with Crippen LogP contribution in [-0.2, 0) is 11.3 Å². The second kappa shape index (κ2) is 9.68. The molecule has 0 amide bonds. The molecule has 8 heteroatoms. The lowest BCUT2D eigenvalue weighted by atomic mass is 9.86. The fourth-order valence-electron chi connectivity index (χ4n) is 4.53. The van der Waals surface area contributed by atoms with E-state index in [9.17, 15) is 0 Å². The van der Waals surface area contributed by atoms with Gasteiger partial charge in [-0.1, -0.05) is 23.4 Å². The van der Waals surface area contributed by atoms with Crippen molar-refractivity contribution in [2.75, 3.05) is 13.2 Å². The zero-order valence-corrected chi connectivity index (χ0v) is 18.7. The van der Waals surface area contributed by atoms with Crippen LogP contribution in [0.5, 0.6) is 5.75 Å². The van der Waals surface area contributed by atoms with Crippen molar-refractivity contribution in [1.29, 1.82) is 0 Å². The minimum Gasteiger partial charge on any atom is -0.487 e. The number of hydrogen-bond donors (Lipinski definition) is 2. The molecule has 2 aromatic rings. The third-order valence-corrected chi connectivity index (χ3v) is 6.00. The van der Waals surface area contributed by atoms with Crippen LogP contribution in [0.1, 0.15) is 82.3 Å². The van der Waals surface area contributed by atoms with E-state index in [2.05, 4.69) is 45.9 Å². The molecule has 1 aliphatic heterocycles. The number of aromatic nitrogens is 2. The summed E-state index contributed by atoms with van der Waals surface area (Å²) >= 11 is 0. The van der Waals surface area contributed by atoms with E-state index in [1.165, 1.54) is 18.4 Å². The van der Waals surface area contributed by atoms with E-state index >= 15 is 0 Å². The van der Waals surface area contributed by atoms with Gasteiger partial charge in [-0.2, -0.15) is 4.98 Å². The quantitative estimate of drug-likeness (QED) is 0.508. The molecule has 0 saturated heterocycles. The minimum absolute atomic E-state index is 0.0693. The van der Waals surface area contributed by atoms with Crippen molar-refractivity contribution in [3.8, 4) is 5.75 Å². The van der Waals surface area contributed by atoms with E-state index in [0.717, 1.165) is 37.5 Å². The maximum absolute atomic E-state index is 6.48. The van der Waals surface area contributed by atoms with Crippen molar-refractivity contribution < 1.29 is 14.0 Å². The molecular weight excluding hydrogens is 394 g/mol. The molecule has 2 unspecified atom stereocenters. The van der Waals surface area contributed by atoms with Crippen LogP contribution in [0.3, 0.4) is 0 Å². The topological polar surface area (TPSA) is 93.8 Å². The lowest BCUT2D eigenvalue weighted by Gasteiger charge is -2.40. The zero-order valence-electron chi connectivity index (χ0n) is 18.7. The van der Waals surface area contributed by atoms with Crippen LogP contribution < -0.4 is 15.4 Å². The molecule has 31 heavy (non-hydrogen) atoms. The number of rotatable bonds is 7. The molecule has 1 saturated carbocycles. The Morgan fingerprint density at radius 1 is 1.29 bits per heavy atom. The molecule has 8 nitrogen and oxygen atoms in total. The number of fused-ring (bicyclic) bond motifs is 1. The molecule has 1 aromatic carbocycles. The number of ether oxygens (including phenoxy) is 2. The van der Waals surface area contributed by atoms with E-state index < -0.39 is 0 Å². The first-order valence-electron chi connectivity index (χ1n) is 11.4. The first-order chi connectivity index (χ1) is 15.1. The molecule has 2 heterocycles. The number of nitrogens with zero attached hydrogens (tertiary/aromatic N) is 3. The summed E-state index contributed by atoms with van der Waals surface area (Å²) in [7, 11) is 0. The Labute approximate surface area is 183 Å². The summed E-state index contributed by atoms with van der Waals surface area (Å²) in [5, 5.41) is 11.0. The second-order valence-electron chi connectivity index (χ2n) is 8.27. The Hall–Kier alpha value is -2.61. The van der Waals surface area contributed by atoms with Crippen molar-refractivity contribution in [3.05, 3.63) is 41.5 Å². The molecule has 2 N–H and O–H groups in total. The maximum Gasteiger partial charge on any atom is 0.248 e. The van der Waals surface area contributed by atoms with Gasteiger partial charge in [0.1, 0.15) is 24.0 Å². The Kier molecular flexibility index (Phi) is 6.75. The number of benzene rings is 1. The maximum atomic E-state index is 6.48. The monoisotopic (exact) mass is 427 g/mol. The molecule has 2 aliphatic rings. The van der Waals surface area contributed by atoms with Gasteiger partial charge < -0.3 is 24.6 Å². The molecule has 2 atom stereocenters. The number of aliphatic imine (C=N–C) groups is 1. The fourth-order valence-corrected chi connectivity index (χ4v) is 4.53. The van der Waals surface area contributed by atoms with Gasteiger partial charge in [0.05, 0.1) is 6.04 Å². The van der Waals surface area contributed by atoms with Gasteiger partial charge in [0, 0.05) is 25.1 Å². The predicted octanol–water partition coefficient (Wildman–Crippen LogP) is 4.06. The highest BCUT2D eigenvalue weighted by Gasteiger charge is 2.43. The molecule has 1 fully saturated rings. The van der Waals surface area contributed by atoms with Crippen LogP contribution in [0.25, 0.3) is 0 Å². The van der Waals surface area contributed by atoms with Crippen molar-refractivity contribution >= 4 is 5.96 Å². The summed E-state index contributed by atoms with van der Waals surface area (Å²) in [6.45, 7) is 7.58. The number of hydrogen-bond acceptors (Lipinski definition) is 6. The van der Waals surface area contributed by atoms with Crippen LogP contribution in [0.15, 0.2) is 33.8 Å². The number of para-hydroxylation sites is 1. The van der Waals surface area contributed by atoms with Gasteiger partial charge in [-0.3, -0.25) is 0 Å². The van der Waals surface area contributed by atoms with Crippen molar-refractivity contribution in [3.63, 3.8) is 0 Å². The third kappa shape index (κ3) is 5.01. The summed E-state index contributed by atoms with van der Waals surface area (Å²) in [6.07, 6.45) is 5.40. The Bertz CT molecular complexity index is 891. The van der Waals surface area contributed by atoms with Gasteiger partial charge >= 0.3 is 0 Å². The van der Waals surface area contributed by atoms with E-state index in [4.69, 9.17) is 19.0 Å². The van der Waals surface area contributed by atoms with Gasteiger partial charge in [0.25, 0.3) is 0 Å². The molecule has 168 valence electrons. The lowest BCUT2D eigenvalue weighted by molar-refractivity contribution is 0.0396. The first kappa shape index (κ1) is 21.6. The van der Waals surface area contributed by atoms with Gasteiger partial charge in [-0.05, 0) is 52.5 Å². The highest BCUT2D eigenvalue weighted by molar-refractivity contribution is 5.80. The minimum atomic E-state index is -0.195. The van der Waals surface area contributed by atoms with Crippen molar-refractivity contribution in [2.45, 2.75) is 77.2 Å². The van der Waals surface area contributed by atoms with E-state index in [-0.39, 0.29) is 17.7 Å². The molecule has 1 spiro atoms. The predicted molar refractivity (Wildman–Crippen MR) is 118 cm³/mol. The Morgan fingerprint density at radius 3 is 2.87 bits per heavy atom. The van der Waals surface area contributed by atoms with Crippen LogP contribution in [0, 0.1) is 0 Å². The van der Waals surface area contributed by atoms with Crippen LogP contribution in [-0.4, -0.2) is 34.9 Å². The smallest absolute Gasteiger partial charge is 0.248 e. The number of guanidine groups is 1. The average molecular weight is 428 g/mol. The van der Waals surface area contributed by atoms with Crippen molar-refractivity contribution in [2.24, 2.45) is 4.99 Å². The average Bonchev–Trinajstić information content (AvgIpc) is 3.42.